The van der Waals surface area contributed by atoms with Crippen molar-refractivity contribution in [2.45, 2.75) is 20.0 Å². The van der Waals surface area contributed by atoms with E-state index in [0.29, 0.717) is 6.54 Å². The lowest BCUT2D eigenvalue weighted by Gasteiger charge is -2.06. The quantitative estimate of drug-likeness (QED) is 0.839. The number of hydrogen-bond acceptors (Lipinski definition) is 4. The molecular weight excluding hydrogens is 214 g/mol. The van der Waals surface area contributed by atoms with Gasteiger partial charge in [0, 0.05) is 25.5 Å². The molecule has 2 rings (SSSR count). The number of hydrogen-bond donors (Lipinski definition) is 2. The van der Waals surface area contributed by atoms with E-state index in [9.17, 15) is 0 Å². The Bertz CT molecular complexity index is 482. The lowest BCUT2D eigenvalue weighted by atomic mass is 10.1. The molecule has 2 N–H and O–H groups in total. The molecule has 2 aromatic heterocycles. The third-order valence-corrected chi connectivity index (χ3v) is 2.57. The van der Waals surface area contributed by atoms with Gasteiger partial charge in [-0.05, 0) is 36.2 Å². The molecule has 0 fully saturated rings. The van der Waals surface area contributed by atoms with Gasteiger partial charge in [-0.2, -0.15) is 0 Å². The zero-order chi connectivity index (χ0) is 12.1. The lowest BCUT2D eigenvalue weighted by Crippen LogP contribution is -2.14. The van der Waals surface area contributed by atoms with Crippen LogP contribution in [0.25, 0.3) is 0 Å². The van der Waals surface area contributed by atoms with Crippen molar-refractivity contribution in [3.05, 3.63) is 53.6 Å². The summed E-state index contributed by atoms with van der Waals surface area (Å²) in [4.78, 5) is 8.16. The number of aromatic nitrogens is 2. The van der Waals surface area contributed by atoms with Gasteiger partial charge in [-0.25, -0.2) is 0 Å². The highest BCUT2D eigenvalue weighted by atomic mass is 16.3. The minimum atomic E-state index is 0.193. The lowest BCUT2D eigenvalue weighted by molar-refractivity contribution is 0.471. The fraction of sp³-hybridized carbons (Fsp3) is 0.231. The van der Waals surface area contributed by atoms with E-state index in [-0.39, 0.29) is 5.75 Å². The van der Waals surface area contributed by atoms with Crippen molar-refractivity contribution in [3.8, 4) is 5.75 Å². The number of nitrogens with zero attached hydrogens (tertiary/aromatic N) is 2. The Morgan fingerprint density at radius 1 is 1.18 bits per heavy atom. The van der Waals surface area contributed by atoms with Crippen LogP contribution < -0.4 is 5.32 Å². The van der Waals surface area contributed by atoms with Gasteiger partial charge in [-0.1, -0.05) is 0 Å². The number of rotatable bonds is 4. The van der Waals surface area contributed by atoms with Crippen molar-refractivity contribution >= 4 is 0 Å². The van der Waals surface area contributed by atoms with Crippen LogP contribution in [0.15, 0.2) is 36.8 Å². The molecule has 17 heavy (non-hydrogen) atoms. The topological polar surface area (TPSA) is 58.0 Å². The summed E-state index contributed by atoms with van der Waals surface area (Å²) in [5.41, 5.74) is 3.33. The van der Waals surface area contributed by atoms with Gasteiger partial charge < -0.3 is 10.4 Å². The standard InChI is InChI=1S/C13H15N3O/c1-10-6-14-5-4-11(10)7-15-8-12-2-3-13(17)9-16-12/h2-6,9,15,17H,7-8H2,1H3. The Morgan fingerprint density at radius 3 is 2.76 bits per heavy atom. The number of pyridine rings is 2. The highest BCUT2D eigenvalue weighted by Gasteiger charge is 1.98. The summed E-state index contributed by atoms with van der Waals surface area (Å²) < 4.78 is 0. The molecule has 0 aromatic carbocycles. The van der Waals surface area contributed by atoms with Crippen molar-refractivity contribution < 1.29 is 5.11 Å². The molecule has 0 radical (unpaired) electrons. The molecular formula is C13H15N3O. The second-order valence-corrected chi connectivity index (χ2v) is 3.91. The first-order chi connectivity index (χ1) is 8.25. The Morgan fingerprint density at radius 2 is 2.06 bits per heavy atom. The van der Waals surface area contributed by atoms with Gasteiger partial charge in [-0.15, -0.1) is 0 Å². The van der Waals surface area contributed by atoms with Gasteiger partial charge in [0.1, 0.15) is 5.75 Å². The molecule has 2 heterocycles. The normalized spacial score (nSPS) is 10.4. The van der Waals surface area contributed by atoms with Crippen molar-refractivity contribution in [3.63, 3.8) is 0 Å². The predicted molar refractivity (Wildman–Crippen MR) is 65.4 cm³/mol. The molecule has 4 heteroatoms. The zero-order valence-corrected chi connectivity index (χ0v) is 9.72. The molecule has 2 aromatic rings. The second kappa shape index (κ2) is 5.41. The third-order valence-electron chi connectivity index (χ3n) is 2.57. The van der Waals surface area contributed by atoms with E-state index in [1.54, 1.807) is 12.3 Å². The minimum absolute atomic E-state index is 0.193. The second-order valence-electron chi connectivity index (χ2n) is 3.91. The van der Waals surface area contributed by atoms with Crippen LogP contribution >= 0.6 is 0 Å². The maximum atomic E-state index is 9.11. The zero-order valence-electron chi connectivity index (χ0n) is 9.72. The number of aromatic hydroxyl groups is 1. The number of aryl methyl sites for hydroxylation is 1. The molecule has 0 aliphatic heterocycles. The van der Waals surface area contributed by atoms with Crippen LogP contribution in [0.2, 0.25) is 0 Å². The molecule has 0 saturated carbocycles. The molecule has 0 atom stereocenters. The van der Waals surface area contributed by atoms with E-state index < -0.39 is 0 Å². The summed E-state index contributed by atoms with van der Waals surface area (Å²) in [6.07, 6.45) is 5.10. The highest BCUT2D eigenvalue weighted by molar-refractivity contribution is 5.21. The first-order valence-corrected chi connectivity index (χ1v) is 5.50. The molecule has 4 nitrogen and oxygen atoms in total. The first kappa shape index (κ1) is 11.5. The van der Waals surface area contributed by atoms with Gasteiger partial charge in [0.25, 0.3) is 0 Å². The molecule has 0 amide bonds. The third kappa shape index (κ3) is 3.26. The smallest absolute Gasteiger partial charge is 0.133 e. The molecule has 0 bridgehead atoms. The summed E-state index contributed by atoms with van der Waals surface area (Å²) in [5, 5.41) is 12.4. The van der Waals surface area contributed by atoms with Crippen LogP contribution in [0.5, 0.6) is 5.75 Å². The molecule has 0 aliphatic rings. The van der Waals surface area contributed by atoms with Crippen molar-refractivity contribution in [2.75, 3.05) is 0 Å². The van der Waals surface area contributed by atoms with Gasteiger partial charge in [-0.3, -0.25) is 9.97 Å². The largest absolute Gasteiger partial charge is 0.506 e. The Kier molecular flexibility index (Phi) is 3.67. The van der Waals surface area contributed by atoms with Crippen molar-refractivity contribution in [2.24, 2.45) is 0 Å². The van der Waals surface area contributed by atoms with E-state index in [0.717, 1.165) is 12.2 Å². The van der Waals surface area contributed by atoms with Crippen LogP contribution in [0.4, 0.5) is 0 Å². The fourth-order valence-corrected chi connectivity index (χ4v) is 1.55. The van der Waals surface area contributed by atoms with E-state index in [4.69, 9.17) is 5.11 Å². The van der Waals surface area contributed by atoms with Crippen LogP contribution in [-0.2, 0) is 13.1 Å². The summed E-state index contributed by atoms with van der Waals surface area (Å²) in [6, 6.07) is 5.45. The van der Waals surface area contributed by atoms with Crippen LogP contribution in [-0.4, -0.2) is 15.1 Å². The van der Waals surface area contributed by atoms with Crippen LogP contribution in [0, 0.1) is 6.92 Å². The van der Waals surface area contributed by atoms with E-state index in [1.807, 2.05) is 25.3 Å². The van der Waals surface area contributed by atoms with Gasteiger partial charge in [0.2, 0.25) is 0 Å². The Labute approximate surface area is 100 Å². The Balaban J connectivity index is 1.88. The predicted octanol–water partition coefficient (Wildman–Crippen LogP) is 1.78. The monoisotopic (exact) mass is 229 g/mol. The van der Waals surface area contributed by atoms with E-state index in [2.05, 4.69) is 15.3 Å². The minimum Gasteiger partial charge on any atom is -0.506 e. The average molecular weight is 229 g/mol. The van der Waals surface area contributed by atoms with Gasteiger partial charge in [0.15, 0.2) is 0 Å². The van der Waals surface area contributed by atoms with E-state index >= 15 is 0 Å². The van der Waals surface area contributed by atoms with Crippen molar-refractivity contribution in [1.29, 1.82) is 0 Å². The van der Waals surface area contributed by atoms with Crippen molar-refractivity contribution in [1.82, 2.24) is 15.3 Å². The summed E-state index contributed by atoms with van der Waals surface area (Å²) in [6.45, 7) is 3.52. The van der Waals surface area contributed by atoms with Gasteiger partial charge in [0.05, 0.1) is 11.9 Å². The van der Waals surface area contributed by atoms with Gasteiger partial charge >= 0.3 is 0 Å². The highest BCUT2D eigenvalue weighted by Crippen LogP contribution is 2.07. The maximum Gasteiger partial charge on any atom is 0.133 e. The summed E-state index contributed by atoms with van der Waals surface area (Å²) in [7, 11) is 0. The molecule has 88 valence electrons. The SMILES string of the molecule is Cc1cnccc1CNCc1ccc(O)cn1. The fourth-order valence-electron chi connectivity index (χ4n) is 1.55. The molecule has 0 aliphatic carbocycles. The van der Waals surface area contributed by atoms with E-state index in [1.165, 1.54) is 17.3 Å². The summed E-state index contributed by atoms with van der Waals surface area (Å²) in [5.74, 6) is 0.193. The van der Waals surface area contributed by atoms with Crippen LogP contribution in [0.3, 0.4) is 0 Å². The summed E-state index contributed by atoms with van der Waals surface area (Å²) >= 11 is 0. The number of nitrogens with one attached hydrogen (secondary N) is 1. The molecule has 0 unspecified atom stereocenters. The Hall–Kier alpha value is -1.94. The van der Waals surface area contributed by atoms with Crippen LogP contribution in [0.1, 0.15) is 16.8 Å². The average Bonchev–Trinajstić information content (AvgIpc) is 2.34. The maximum absolute atomic E-state index is 9.11. The molecule has 0 saturated heterocycles. The first-order valence-electron chi connectivity index (χ1n) is 5.50. The molecule has 0 spiro atoms.